The first kappa shape index (κ1) is 23.1. The molecule has 0 unspecified atom stereocenters. The van der Waals surface area contributed by atoms with Gasteiger partial charge in [0, 0.05) is 18.8 Å². The van der Waals surface area contributed by atoms with Crippen molar-refractivity contribution in [3.8, 4) is 16.9 Å². The normalized spacial score (nSPS) is 11.0. The van der Waals surface area contributed by atoms with E-state index in [1.807, 2.05) is 6.07 Å². The van der Waals surface area contributed by atoms with Gasteiger partial charge >= 0.3 is 5.97 Å². The standard InChI is InChI=1S/C23H25N3O5S/c1-30-21-10-9-17(16-5-3-6-18(13-16)23(27)31-2)14-22(21)32(28,29)26-20-8-4-7-19(15-20)25-12-11-24/h3-10,13-15,25-26H,11-12,24H2,1-2H3. The average Bonchev–Trinajstić information content (AvgIpc) is 2.81. The van der Waals surface area contributed by atoms with Crippen molar-refractivity contribution in [1.29, 1.82) is 0 Å². The van der Waals surface area contributed by atoms with E-state index in [0.29, 0.717) is 35.5 Å². The number of anilines is 2. The monoisotopic (exact) mass is 455 g/mol. The molecule has 8 nitrogen and oxygen atoms in total. The minimum absolute atomic E-state index is 0.0266. The van der Waals surface area contributed by atoms with E-state index in [1.54, 1.807) is 54.6 Å². The van der Waals surface area contributed by atoms with Gasteiger partial charge in [-0.3, -0.25) is 4.72 Å². The number of nitrogens with one attached hydrogen (secondary N) is 2. The molecule has 32 heavy (non-hydrogen) atoms. The molecule has 3 rings (SSSR count). The van der Waals surface area contributed by atoms with Crippen molar-refractivity contribution >= 4 is 27.4 Å². The van der Waals surface area contributed by atoms with Gasteiger partial charge in [-0.2, -0.15) is 0 Å². The molecule has 4 N–H and O–H groups in total. The van der Waals surface area contributed by atoms with E-state index >= 15 is 0 Å². The van der Waals surface area contributed by atoms with E-state index < -0.39 is 16.0 Å². The predicted octanol–water partition coefficient (Wildman–Crippen LogP) is 3.32. The highest BCUT2D eigenvalue weighted by atomic mass is 32.2. The predicted molar refractivity (Wildman–Crippen MR) is 125 cm³/mol. The molecule has 0 amide bonds. The second-order valence-electron chi connectivity index (χ2n) is 6.84. The lowest BCUT2D eigenvalue weighted by atomic mass is 10.0. The van der Waals surface area contributed by atoms with Crippen LogP contribution in [0.15, 0.2) is 71.6 Å². The SMILES string of the molecule is COC(=O)c1cccc(-c2ccc(OC)c(S(=O)(=O)Nc3cccc(NCCN)c3)c2)c1. The van der Waals surface area contributed by atoms with Crippen molar-refractivity contribution in [1.82, 2.24) is 0 Å². The summed E-state index contributed by atoms with van der Waals surface area (Å²) in [6, 6.07) is 18.5. The zero-order chi connectivity index (χ0) is 23.1. The lowest BCUT2D eigenvalue weighted by Crippen LogP contribution is -2.15. The molecule has 0 bridgehead atoms. The third kappa shape index (κ3) is 5.37. The van der Waals surface area contributed by atoms with Crippen LogP contribution in [0.3, 0.4) is 0 Å². The molecular weight excluding hydrogens is 430 g/mol. The molecule has 0 saturated heterocycles. The number of hydrogen-bond donors (Lipinski definition) is 3. The van der Waals surface area contributed by atoms with Gasteiger partial charge in [0.15, 0.2) is 0 Å². The van der Waals surface area contributed by atoms with Crippen molar-refractivity contribution in [2.75, 3.05) is 37.3 Å². The Kier molecular flexibility index (Phi) is 7.34. The Hall–Kier alpha value is -3.56. The molecule has 0 aromatic heterocycles. The number of ether oxygens (including phenoxy) is 2. The Morgan fingerprint density at radius 3 is 2.38 bits per heavy atom. The van der Waals surface area contributed by atoms with Crippen LogP contribution in [0.4, 0.5) is 11.4 Å². The van der Waals surface area contributed by atoms with Gasteiger partial charge in [0.25, 0.3) is 10.0 Å². The number of sulfonamides is 1. The summed E-state index contributed by atoms with van der Waals surface area (Å²) < 4.78 is 39.1. The molecule has 0 atom stereocenters. The summed E-state index contributed by atoms with van der Waals surface area (Å²) in [5, 5.41) is 3.11. The number of carbonyl (C=O) groups excluding carboxylic acids is 1. The lowest BCUT2D eigenvalue weighted by molar-refractivity contribution is 0.0600. The summed E-state index contributed by atoms with van der Waals surface area (Å²) in [6.07, 6.45) is 0. The van der Waals surface area contributed by atoms with Gasteiger partial charge in [0.1, 0.15) is 10.6 Å². The van der Waals surface area contributed by atoms with Gasteiger partial charge in [-0.25, -0.2) is 13.2 Å². The van der Waals surface area contributed by atoms with Gasteiger partial charge in [-0.05, 0) is 53.6 Å². The summed E-state index contributed by atoms with van der Waals surface area (Å²) >= 11 is 0. The van der Waals surface area contributed by atoms with E-state index in [4.69, 9.17) is 15.2 Å². The first-order valence-electron chi connectivity index (χ1n) is 9.81. The van der Waals surface area contributed by atoms with E-state index in [2.05, 4.69) is 10.0 Å². The van der Waals surface area contributed by atoms with Crippen molar-refractivity contribution in [2.45, 2.75) is 4.90 Å². The average molecular weight is 456 g/mol. The van der Waals surface area contributed by atoms with Crippen LogP contribution in [0.1, 0.15) is 10.4 Å². The Balaban J connectivity index is 1.97. The van der Waals surface area contributed by atoms with Gasteiger partial charge in [0.05, 0.1) is 25.5 Å². The van der Waals surface area contributed by atoms with Crippen molar-refractivity contribution in [3.63, 3.8) is 0 Å². The quantitative estimate of drug-likeness (QED) is 0.423. The largest absolute Gasteiger partial charge is 0.495 e. The highest BCUT2D eigenvalue weighted by Gasteiger charge is 2.21. The summed E-state index contributed by atoms with van der Waals surface area (Å²) in [6.45, 7) is 1.02. The molecule has 0 spiro atoms. The number of methoxy groups -OCH3 is 2. The van der Waals surface area contributed by atoms with Crippen LogP contribution in [0.25, 0.3) is 11.1 Å². The zero-order valence-corrected chi connectivity index (χ0v) is 18.6. The zero-order valence-electron chi connectivity index (χ0n) is 17.8. The smallest absolute Gasteiger partial charge is 0.337 e. The number of nitrogens with two attached hydrogens (primary N) is 1. The molecule has 0 radical (unpaired) electrons. The molecule has 9 heteroatoms. The third-order valence-corrected chi connectivity index (χ3v) is 6.06. The minimum atomic E-state index is -3.97. The van der Waals surface area contributed by atoms with Crippen LogP contribution in [-0.4, -0.2) is 41.7 Å². The van der Waals surface area contributed by atoms with Crippen LogP contribution in [-0.2, 0) is 14.8 Å². The fraction of sp³-hybridized carbons (Fsp3) is 0.174. The number of carbonyl (C=O) groups is 1. The highest BCUT2D eigenvalue weighted by Crippen LogP contribution is 2.32. The molecule has 0 saturated carbocycles. The topological polar surface area (TPSA) is 120 Å². The van der Waals surface area contributed by atoms with Crippen LogP contribution >= 0.6 is 0 Å². The number of rotatable bonds is 9. The van der Waals surface area contributed by atoms with Crippen LogP contribution < -0.4 is 20.5 Å². The van der Waals surface area contributed by atoms with Gasteiger partial charge in [-0.1, -0.05) is 24.3 Å². The number of esters is 1. The fourth-order valence-electron chi connectivity index (χ4n) is 3.13. The number of hydrogen-bond acceptors (Lipinski definition) is 7. The van der Waals surface area contributed by atoms with E-state index in [0.717, 1.165) is 5.69 Å². The maximum absolute atomic E-state index is 13.2. The summed E-state index contributed by atoms with van der Waals surface area (Å²) in [5.74, 6) is -0.277. The minimum Gasteiger partial charge on any atom is -0.495 e. The van der Waals surface area contributed by atoms with Gasteiger partial charge in [0.2, 0.25) is 0 Å². The maximum atomic E-state index is 13.2. The molecule has 0 fully saturated rings. The first-order valence-corrected chi connectivity index (χ1v) is 11.3. The summed E-state index contributed by atoms with van der Waals surface area (Å²) in [5.41, 5.74) is 8.29. The maximum Gasteiger partial charge on any atom is 0.337 e. The Bertz CT molecular complexity index is 1210. The van der Waals surface area contributed by atoms with E-state index in [9.17, 15) is 13.2 Å². The molecule has 0 heterocycles. The third-order valence-electron chi connectivity index (χ3n) is 4.66. The van der Waals surface area contributed by atoms with E-state index in [-0.39, 0.29) is 10.6 Å². The van der Waals surface area contributed by atoms with Crippen molar-refractivity contribution in [3.05, 3.63) is 72.3 Å². The summed E-state index contributed by atoms with van der Waals surface area (Å²) in [4.78, 5) is 11.8. The molecular formula is C23H25N3O5S. The number of benzene rings is 3. The van der Waals surface area contributed by atoms with Gasteiger partial charge in [-0.15, -0.1) is 0 Å². The Labute approximate surface area is 187 Å². The molecule has 168 valence electrons. The second-order valence-corrected chi connectivity index (χ2v) is 8.49. The van der Waals surface area contributed by atoms with Crippen LogP contribution in [0.5, 0.6) is 5.75 Å². The second kappa shape index (κ2) is 10.2. The molecule has 0 aliphatic carbocycles. The molecule has 3 aromatic carbocycles. The Morgan fingerprint density at radius 2 is 1.66 bits per heavy atom. The molecule has 0 aliphatic rings. The molecule has 0 aliphatic heterocycles. The summed E-state index contributed by atoms with van der Waals surface area (Å²) in [7, 11) is -1.26. The molecule has 3 aromatic rings. The first-order chi connectivity index (χ1) is 15.4. The van der Waals surface area contributed by atoms with E-state index in [1.165, 1.54) is 20.3 Å². The lowest BCUT2D eigenvalue weighted by Gasteiger charge is -2.14. The van der Waals surface area contributed by atoms with Crippen molar-refractivity contribution < 1.29 is 22.7 Å². The van der Waals surface area contributed by atoms with Gasteiger partial charge < -0.3 is 20.5 Å². The van der Waals surface area contributed by atoms with Crippen LogP contribution in [0.2, 0.25) is 0 Å². The van der Waals surface area contributed by atoms with Crippen LogP contribution in [0, 0.1) is 0 Å². The van der Waals surface area contributed by atoms with Crippen molar-refractivity contribution in [2.24, 2.45) is 5.73 Å². The fourth-order valence-corrected chi connectivity index (χ4v) is 4.37. The highest BCUT2D eigenvalue weighted by molar-refractivity contribution is 7.92. The Morgan fingerprint density at radius 1 is 0.938 bits per heavy atom.